The lowest BCUT2D eigenvalue weighted by molar-refractivity contribution is -0.117. The highest BCUT2D eigenvalue weighted by Crippen LogP contribution is 2.30. The molecule has 0 saturated carbocycles. The van der Waals surface area contributed by atoms with E-state index >= 15 is 0 Å². The molecule has 0 saturated heterocycles. The summed E-state index contributed by atoms with van der Waals surface area (Å²) in [6.07, 6.45) is 1.24. The van der Waals surface area contributed by atoms with Gasteiger partial charge in [-0.1, -0.05) is 6.92 Å². The molecule has 20 heavy (non-hydrogen) atoms. The van der Waals surface area contributed by atoms with Crippen LogP contribution in [0.4, 0.5) is 5.69 Å². The van der Waals surface area contributed by atoms with Gasteiger partial charge in [-0.3, -0.25) is 9.59 Å². The second-order valence-corrected chi connectivity index (χ2v) is 5.85. The molecular weight excluding hydrogens is 270 g/mol. The van der Waals surface area contributed by atoms with Gasteiger partial charge in [-0.2, -0.15) is 0 Å². The van der Waals surface area contributed by atoms with Crippen molar-refractivity contribution < 1.29 is 9.59 Å². The van der Waals surface area contributed by atoms with Gasteiger partial charge in [0, 0.05) is 18.3 Å². The zero-order valence-corrected chi connectivity index (χ0v) is 12.3. The summed E-state index contributed by atoms with van der Waals surface area (Å²) in [4.78, 5) is 26.7. The summed E-state index contributed by atoms with van der Waals surface area (Å²) in [5.74, 6) is 0.136. The SMILES string of the molecule is CCc1ccsc1C(=O)c1ccc2c(c1)CC(=O)N2C. The number of likely N-dealkylation sites (N-methyl/N-ethyl adjacent to an activating group) is 1. The average molecular weight is 285 g/mol. The fraction of sp³-hybridized carbons (Fsp3) is 0.250. The molecule has 1 aliphatic rings. The molecule has 2 aromatic rings. The number of thiophene rings is 1. The van der Waals surface area contributed by atoms with E-state index in [0.717, 1.165) is 28.1 Å². The lowest BCUT2D eigenvalue weighted by Gasteiger charge is -2.10. The quantitative estimate of drug-likeness (QED) is 0.813. The van der Waals surface area contributed by atoms with Crippen LogP contribution in [0, 0.1) is 0 Å². The van der Waals surface area contributed by atoms with E-state index in [4.69, 9.17) is 0 Å². The number of nitrogens with zero attached hydrogens (tertiary/aromatic N) is 1. The molecule has 0 unspecified atom stereocenters. The van der Waals surface area contributed by atoms with Gasteiger partial charge in [0.1, 0.15) is 0 Å². The first-order valence-electron chi connectivity index (χ1n) is 6.62. The van der Waals surface area contributed by atoms with Gasteiger partial charge in [0.2, 0.25) is 11.7 Å². The number of rotatable bonds is 3. The van der Waals surface area contributed by atoms with E-state index in [9.17, 15) is 9.59 Å². The lowest BCUT2D eigenvalue weighted by atomic mass is 10.0. The number of aryl methyl sites for hydroxylation is 1. The Bertz CT molecular complexity index is 702. The molecule has 0 aliphatic carbocycles. The van der Waals surface area contributed by atoms with Crippen molar-refractivity contribution in [1.82, 2.24) is 0 Å². The maximum atomic E-state index is 12.6. The standard InChI is InChI=1S/C16H15NO2S/c1-3-10-6-7-20-16(10)15(19)11-4-5-13-12(8-11)9-14(18)17(13)2/h4-8H,3,9H2,1-2H3. The minimum atomic E-state index is 0.0571. The van der Waals surface area contributed by atoms with E-state index in [1.165, 1.54) is 11.3 Å². The topological polar surface area (TPSA) is 37.4 Å². The summed E-state index contributed by atoms with van der Waals surface area (Å²) in [5, 5.41) is 1.96. The van der Waals surface area contributed by atoms with Crippen molar-refractivity contribution in [3.63, 3.8) is 0 Å². The Hall–Kier alpha value is -1.94. The van der Waals surface area contributed by atoms with Crippen molar-refractivity contribution in [1.29, 1.82) is 0 Å². The maximum absolute atomic E-state index is 12.6. The number of ketones is 1. The second kappa shape index (κ2) is 4.87. The molecule has 1 aromatic carbocycles. The van der Waals surface area contributed by atoms with Crippen molar-refractivity contribution in [2.24, 2.45) is 0 Å². The van der Waals surface area contributed by atoms with Gasteiger partial charge in [-0.15, -0.1) is 11.3 Å². The van der Waals surface area contributed by atoms with Gasteiger partial charge >= 0.3 is 0 Å². The van der Waals surface area contributed by atoms with Crippen molar-refractivity contribution >= 4 is 28.7 Å². The third-order valence-electron chi connectivity index (χ3n) is 3.75. The van der Waals surface area contributed by atoms with E-state index in [1.54, 1.807) is 11.9 Å². The van der Waals surface area contributed by atoms with E-state index in [1.807, 2.05) is 29.6 Å². The molecule has 4 heteroatoms. The highest BCUT2D eigenvalue weighted by atomic mass is 32.1. The third kappa shape index (κ3) is 1.96. The van der Waals surface area contributed by atoms with Gasteiger partial charge in [-0.05, 0) is 47.2 Å². The monoisotopic (exact) mass is 285 g/mol. The molecule has 1 amide bonds. The summed E-state index contributed by atoms with van der Waals surface area (Å²) in [6, 6.07) is 7.54. The molecule has 0 radical (unpaired) electrons. The van der Waals surface area contributed by atoms with Crippen molar-refractivity contribution in [2.75, 3.05) is 11.9 Å². The smallest absolute Gasteiger partial charge is 0.231 e. The van der Waals surface area contributed by atoms with Crippen LogP contribution >= 0.6 is 11.3 Å². The summed E-state index contributed by atoms with van der Waals surface area (Å²) in [5.41, 5.74) is 3.61. The first-order chi connectivity index (χ1) is 9.61. The van der Waals surface area contributed by atoms with E-state index < -0.39 is 0 Å². The predicted octanol–water partition coefficient (Wildman–Crippen LogP) is 3.06. The van der Waals surface area contributed by atoms with Crippen LogP contribution in [0.3, 0.4) is 0 Å². The van der Waals surface area contributed by atoms with Crippen LogP contribution < -0.4 is 4.90 Å². The number of hydrogen-bond acceptors (Lipinski definition) is 3. The van der Waals surface area contributed by atoms with Crippen molar-refractivity contribution in [3.8, 4) is 0 Å². The minimum Gasteiger partial charge on any atom is -0.315 e. The maximum Gasteiger partial charge on any atom is 0.231 e. The molecule has 3 nitrogen and oxygen atoms in total. The first kappa shape index (κ1) is 13.1. The van der Waals surface area contributed by atoms with Crippen LogP contribution in [0.15, 0.2) is 29.6 Å². The van der Waals surface area contributed by atoms with E-state index in [-0.39, 0.29) is 11.7 Å². The summed E-state index contributed by atoms with van der Waals surface area (Å²) < 4.78 is 0. The predicted molar refractivity (Wildman–Crippen MR) is 80.7 cm³/mol. The van der Waals surface area contributed by atoms with Gasteiger partial charge < -0.3 is 4.90 Å². The molecule has 3 rings (SSSR count). The molecule has 102 valence electrons. The fourth-order valence-corrected chi connectivity index (χ4v) is 3.51. The molecule has 0 spiro atoms. The van der Waals surface area contributed by atoms with E-state index in [0.29, 0.717) is 12.0 Å². The van der Waals surface area contributed by atoms with Crippen molar-refractivity contribution in [2.45, 2.75) is 19.8 Å². The lowest BCUT2D eigenvalue weighted by Crippen LogP contribution is -2.20. The zero-order chi connectivity index (χ0) is 14.3. The molecule has 1 aliphatic heterocycles. The second-order valence-electron chi connectivity index (χ2n) is 4.93. The molecule has 0 bridgehead atoms. The highest BCUT2D eigenvalue weighted by Gasteiger charge is 2.25. The molecule has 0 atom stereocenters. The Morgan fingerprint density at radius 3 is 2.90 bits per heavy atom. The van der Waals surface area contributed by atoms with Crippen LogP contribution in [0.1, 0.15) is 33.3 Å². The Balaban J connectivity index is 1.99. The average Bonchev–Trinajstić information content (AvgIpc) is 3.03. The number of anilines is 1. The molecule has 0 N–H and O–H groups in total. The highest BCUT2D eigenvalue weighted by molar-refractivity contribution is 7.12. The number of benzene rings is 1. The van der Waals surface area contributed by atoms with Crippen LogP contribution in [-0.4, -0.2) is 18.7 Å². The zero-order valence-electron chi connectivity index (χ0n) is 11.5. The number of carbonyl (C=O) groups is 2. The van der Waals surface area contributed by atoms with Crippen LogP contribution in [0.5, 0.6) is 0 Å². The minimum absolute atomic E-state index is 0.0571. The molecule has 2 heterocycles. The third-order valence-corrected chi connectivity index (χ3v) is 4.71. The number of hydrogen-bond donors (Lipinski definition) is 0. The Kier molecular flexibility index (Phi) is 3.18. The molecule has 0 fully saturated rings. The summed E-state index contributed by atoms with van der Waals surface area (Å²) in [7, 11) is 1.77. The van der Waals surface area contributed by atoms with Crippen molar-refractivity contribution in [3.05, 3.63) is 51.2 Å². The summed E-state index contributed by atoms with van der Waals surface area (Å²) >= 11 is 1.48. The fourth-order valence-electron chi connectivity index (χ4n) is 2.56. The normalized spacial score (nSPS) is 13.7. The van der Waals surface area contributed by atoms with Gasteiger partial charge in [0.15, 0.2) is 0 Å². The van der Waals surface area contributed by atoms with E-state index in [2.05, 4.69) is 6.92 Å². The first-order valence-corrected chi connectivity index (χ1v) is 7.50. The van der Waals surface area contributed by atoms with Crippen LogP contribution in [0.2, 0.25) is 0 Å². The number of amides is 1. The number of carbonyl (C=O) groups excluding carboxylic acids is 2. The molecular formula is C16H15NO2S. The van der Waals surface area contributed by atoms with Gasteiger partial charge in [0.05, 0.1) is 11.3 Å². The number of fused-ring (bicyclic) bond motifs is 1. The van der Waals surface area contributed by atoms with Gasteiger partial charge in [0.25, 0.3) is 0 Å². The Morgan fingerprint density at radius 2 is 2.15 bits per heavy atom. The Morgan fingerprint density at radius 1 is 1.35 bits per heavy atom. The summed E-state index contributed by atoms with van der Waals surface area (Å²) in [6.45, 7) is 2.05. The largest absolute Gasteiger partial charge is 0.315 e. The van der Waals surface area contributed by atoms with Crippen LogP contribution in [0.25, 0.3) is 0 Å². The van der Waals surface area contributed by atoms with Gasteiger partial charge in [-0.25, -0.2) is 0 Å². The molecule has 1 aromatic heterocycles. The van der Waals surface area contributed by atoms with Crippen LogP contribution in [-0.2, 0) is 17.6 Å². The Labute approximate surface area is 121 Å².